The number of aliphatic hydroxyl groups is 1. The molecule has 7 nitrogen and oxygen atoms in total. The van der Waals surface area contributed by atoms with Crippen molar-refractivity contribution in [1.29, 1.82) is 0 Å². The number of piperazine rings is 1. The van der Waals surface area contributed by atoms with Gasteiger partial charge in [0, 0.05) is 44.1 Å². The maximum absolute atomic E-state index is 12.9. The van der Waals surface area contributed by atoms with Gasteiger partial charge in [0.1, 0.15) is 18.5 Å². The second kappa shape index (κ2) is 9.88. The number of benzene rings is 2. The molecule has 4 N–H and O–H groups in total. The number of halogens is 3. The first-order chi connectivity index (χ1) is 14.7. The Kier molecular flexibility index (Phi) is 7.24. The smallest absolute Gasteiger partial charge is 0.416 e. The first kappa shape index (κ1) is 22.7. The SMILES string of the molecule is NC(=O)Nc1ccc(OCC(O)CN2CCN(c3cccc(C(F)(F)F)c3)CC2)cc1. The van der Waals surface area contributed by atoms with Gasteiger partial charge in [0.05, 0.1) is 5.56 Å². The molecule has 0 bridgehead atoms. The van der Waals surface area contributed by atoms with Gasteiger partial charge in [0.2, 0.25) is 0 Å². The summed E-state index contributed by atoms with van der Waals surface area (Å²) in [5.41, 5.74) is 5.48. The van der Waals surface area contributed by atoms with Crippen molar-refractivity contribution in [3.05, 3.63) is 54.1 Å². The van der Waals surface area contributed by atoms with Gasteiger partial charge in [-0.15, -0.1) is 0 Å². The molecule has 10 heteroatoms. The highest BCUT2D eigenvalue weighted by Crippen LogP contribution is 2.31. The van der Waals surface area contributed by atoms with E-state index in [4.69, 9.17) is 10.5 Å². The fourth-order valence-corrected chi connectivity index (χ4v) is 3.39. The summed E-state index contributed by atoms with van der Waals surface area (Å²) in [5, 5.41) is 12.7. The highest BCUT2D eigenvalue weighted by atomic mass is 19.4. The fraction of sp³-hybridized carbons (Fsp3) is 0.381. The number of carbonyl (C=O) groups excluding carboxylic acids is 1. The summed E-state index contributed by atoms with van der Waals surface area (Å²) in [6, 6.07) is 11.3. The number of nitrogens with zero attached hydrogens (tertiary/aromatic N) is 2. The number of alkyl halides is 3. The molecule has 1 heterocycles. The Morgan fingerprint density at radius 1 is 1.13 bits per heavy atom. The third-order valence-electron chi connectivity index (χ3n) is 4.94. The number of rotatable bonds is 7. The lowest BCUT2D eigenvalue weighted by molar-refractivity contribution is -0.137. The van der Waals surface area contributed by atoms with Crippen molar-refractivity contribution < 1.29 is 27.8 Å². The minimum Gasteiger partial charge on any atom is -0.491 e. The lowest BCUT2D eigenvalue weighted by atomic mass is 10.1. The Morgan fingerprint density at radius 3 is 2.42 bits per heavy atom. The molecule has 1 atom stereocenters. The summed E-state index contributed by atoms with van der Waals surface area (Å²) < 4.78 is 44.3. The zero-order valence-electron chi connectivity index (χ0n) is 16.8. The van der Waals surface area contributed by atoms with E-state index in [2.05, 4.69) is 10.2 Å². The number of primary amides is 1. The van der Waals surface area contributed by atoms with Crippen molar-refractivity contribution in [3.8, 4) is 5.75 Å². The number of β-amino-alcohol motifs (C(OH)–C–C–N with tert-alkyl or cyclic N) is 1. The average molecular weight is 438 g/mol. The molecule has 2 amide bonds. The van der Waals surface area contributed by atoms with E-state index in [1.165, 1.54) is 12.1 Å². The molecule has 31 heavy (non-hydrogen) atoms. The normalized spacial score (nSPS) is 16.1. The summed E-state index contributed by atoms with van der Waals surface area (Å²) in [6.45, 7) is 2.89. The van der Waals surface area contributed by atoms with Crippen LogP contribution < -0.4 is 20.7 Å². The lowest BCUT2D eigenvalue weighted by Gasteiger charge is -2.37. The van der Waals surface area contributed by atoms with Crippen molar-refractivity contribution in [1.82, 2.24) is 4.90 Å². The molecule has 2 aromatic rings. The Labute approximate surface area is 178 Å². The number of urea groups is 1. The van der Waals surface area contributed by atoms with Crippen LogP contribution >= 0.6 is 0 Å². The van der Waals surface area contributed by atoms with E-state index in [1.54, 1.807) is 30.3 Å². The van der Waals surface area contributed by atoms with Gasteiger partial charge in [-0.3, -0.25) is 4.90 Å². The highest BCUT2D eigenvalue weighted by Gasteiger charge is 2.31. The van der Waals surface area contributed by atoms with Crippen molar-refractivity contribution in [2.45, 2.75) is 12.3 Å². The minimum atomic E-state index is -4.36. The van der Waals surface area contributed by atoms with Gasteiger partial charge < -0.3 is 25.8 Å². The summed E-state index contributed by atoms with van der Waals surface area (Å²) >= 11 is 0. The monoisotopic (exact) mass is 438 g/mol. The van der Waals surface area contributed by atoms with Gasteiger partial charge in [-0.1, -0.05) is 6.07 Å². The molecule has 0 aliphatic carbocycles. The van der Waals surface area contributed by atoms with Crippen LogP contribution in [0.25, 0.3) is 0 Å². The minimum absolute atomic E-state index is 0.0937. The van der Waals surface area contributed by atoms with Gasteiger partial charge in [0.15, 0.2) is 0 Å². The quantitative estimate of drug-likeness (QED) is 0.619. The summed E-state index contributed by atoms with van der Waals surface area (Å²) in [4.78, 5) is 14.8. The second-order valence-corrected chi connectivity index (χ2v) is 7.31. The van der Waals surface area contributed by atoms with Gasteiger partial charge in [-0.05, 0) is 42.5 Å². The number of nitrogens with one attached hydrogen (secondary N) is 1. The number of ether oxygens (including phenoxy) is 1. The first-order valence-corrected chi connectivity index (χ1v) is 9.82. The number of nitrogens with two attached hydrogens (primary N) is 1. The molecule has 3 rings (SSSR count). The Bertz CT molecular complexity index is 869. The van der Waals surface area contributed by atoms with E-state index in [1.807, 2.05) is 4.90 Å². The van der Waals surface area contributed by atoms with Crippen LogP contribution in [0.1, 0.15) is 5.56 Å². The predicted octanol–water partition coefficient (Wildman–Crippen LogP) is 2.76. The molecule has 1 aliphatic rings. The largest absolute Gasteiger partial charge is 0.491 e. The van der Waals surface area contributed by atoms with Crippen LogP contribution in [-0.2, 0) is 6.18 Å². The Balaban J connectivity index is 1.43. The van der Waals surface area contributed by atoms with Crippen molar-refractivity contribution in [3.63, 3.8) is 0 Å². The fourth-order valence-electron chi connectivity index (χ4n) is 3.39. The molecule has 0 spiro atoms. The molecular weight excluding hydrogens is 413 g/mol. The summed E-state index contributed by atoms with van der Waals surface area (Å²) in [7, 11) is 0. The second-order valence-electron chi connectivity index (χ2n) is 7.31. The van der Waals surface area contributed by atoms with Crippen molar-refractivity contribution >= 4 is 17.4 Å². The molecule has 0 radical (unpaired) electrons. The number of aliphatic hydroxyl groups excluding tert-OH is 1. The number of carbonyl (C=O) groups is 1. The van der Waals surface area contributed by atoms with E-state index in [9.17, 15) is 23.1 Å². The van der Waals surface area contributed by atoms with Crippen LogP contribution in [0.15, 0.2) is 48.5 Å². The van der Waals surface area contributed by atoms with Gasteiger partial charge >= 0.3 is 12.2 Å². The highest BCUT2D eigenvalue weighted by molar-refractivity contribution is 5.87. The molecule has 168 valence electrons. The zero-order chi connectivity index (χ0) is 22.4. The standard InChI is InChI=1S/C21H25F3N4O3/c22-21(23,24)15-2-1-3-17(12-15)28-10-8-27(9-11-28)13-18(29)14-31-19-6-4-16(5-7-19)26-20(25)30/h1-7,12,18,29H,8-11,13-14H2,(H3,25,26,30). The number of amides is 2. The lowest BCUT2D eigenvalue weighted by Crippen LogP contribution is -2.49. The van der Waals surface area contributed by atoms with E-state index < -0.39 is 23.9 Å². The van der Waals surface area contributed by atoms with Gasteiger partial charge in [0.25, 0.3) is 0 Å². The van der Waals surface area contributed by atoms with E-state index in [-0.39, 0.29) is 6.61 Å². The topological polar surface area (TPSA) is 91.1 Å². The van der Waals surface area contributed by atoms with E-state index in [0.29, 0.717) is 49.8 Å². The Hall–Kier alpha value is -2.98. The van der Waals surface area contributed by atoms with E-state index >= 15 is 0 Å². The molecule has 2 aromatic carbocycles. The van der Waals surface area contributed by atoms with Crippen LogP contribution in [0.5, 0.6) is 5.75 Å². The van der Waals surface area contributed by atoms with Crippen LogP contribution in [0.2, 0.25) is 0 Å². The van der Waals surface area contributed by atoms with Gasteiger partial charge in [-0.25, -0.2) is 4.79 Å². The maximum atomic E-state index is 12.9. The van der Waals surface area contributed by atoms with Crippen molar-refractivity contribution in [2.75, 3.05) is 49.5 Å². The number of hydrogen-bond donors (Lipinski definition) is 3. The summed E-state index contributed by atoms with van der Waals surface area (Å²) in [5.74, 6) is 0.545. The van der Waals surface area contributed by atoms with Gasteiger partial charge in [-0.2, -0.15) is 13.2 Å². The first-order valence-electron chi connectivity index (χ1n) is 9.82. The molecule has 1 saturated heterocycles. The zero-order valence-corrected chi connectivity index (χ0v) is 16.8. The molecule has 0 aromatic heterocycles. The number of anilines is 2. The van der Waals surface area contributed by atoms with Crippen LogP contribution in [-0.4, -0.2) is 61.5 Å². The number of hydrogen-bond acceptors (Lipinski definition) is 5. The van der Waals surface area contributed by atoms with Crippen LogP contribution in [0, 0.1) is 0 Å². The van der Waals surface area contributed by atoms with E-state index in [0.717, 1.165) is 6.07 Å². The molecule has 1 fully saturated rings. The third-order valence-corrected chi connectivity index (χ3v) is 4.94. The average Bonchev–Trinajstić information content (AvgIpc) is 2.73. The summed E-state index contributed by atoms with van der Waals surface area (Å²) in [6.07, 6.45) is -5.08. The molecular formula is C21H25F3N4O3. The van der Waals surface area contributed by atoms with Crippen LogP contribution in [0.4, 0.5) is 29.3 Å². The maximum Gasteiger partial charge on any atom is 0.416 e. The van der Waals surface area contributed by atoms with Crippen LogP contribution in [0.3, 0.4) is 0 Å². The van der Waals surface area contributed by atoms with Crippen molar-refractivity contribution in [2.24, 2.45) is 5.73 Å². The molecule has 1 unspecified atom stereocenters. The molecule has 1 aliphatic heterocycles. The molecule has 0 saturated carbocycles. The third kappa shape index (κ3) is 6.76. The Morgan fingerprint density at radius 2 is 1.81 bits per heavy atom. The predicted molar refractivity (Wildman–Crippen MR) is 111 cm³/mol.